The second-order valence-corrected chi connectivity index (χ2v) is 5.16. The standard InChI is InChI=1S/C14H9Cl2F3N2O/c1-22-7-21-12(8-2-4-9(15)5-3-8)10(6-20)11(16)13(21)14(17,18)19/h2-5H,7H2,1H3. The first kappa shape index (κ1) is 16.7. The van der Waals surface area contributed by atoms with Gasteiger partial charge in [-0.3, -0.25) is 0 Å². The maximum atomic E-state index is 13.3. The summed E-state index contributed by atoms with van der Waals surface area (Å²) < 4.78 is 45.4. The van der Waals surface area contributed by atoms with E-state index in [2.05, 4.69) is 0 Å². The highest BCUT2D eigenvalue weighted by Gasteiger charge is 2.41. The van der Waals surface area contributed by atoms with E-state index in [4.69, 9.17) is 27.9 Å². The quantitative estimate of drug-likeness (QED) is 0.786. The van der Waals surface area contributed by atoms with E-state index in [0.717, 1.165) is 4.57 Å². The Morgan fingerprint density at radius 3 is 2.27 bits per heavy atom. The SMILES string of the molecule is COCn1c(-c2ccc(Cl)cc2)c(C#N)c(Cl)c1C(F)(F)F. The van der Waals surface area contributed by atoms with Gasteiger partial charge in [0.25, 0.3) is 0 Å². The smallest absolute Gasteiger partial charge is 0.364 e. The second-order valence-electron chi connectivity index (χ2n) is 4.35. The lowest BCUT2D eigenvalue weighted by Crippen LogP contribution is -2.15. The highest BCUT2D eigenvalue weighted by atomic mass is 35.5. The monoisotopic (exact) mass is 348 g/mol. The maximum Gasteiger partial charge on any atom is 0.433 e. The molecule has 0 saturated carbocycles. The lowest BCUT2D eigenvalue weighted by atomic mass is 10.1. The van der Waals surface area contributed by atoms with Gasteiger partial charge in [0.05, 0.1) is 16.3 Å². The van der Waals surface area contributed by atoms with Crippen LogP contribution < -0.4 is 0 Å². The molecule has 0 spiro atoms. The Morgan fingerprint density at radius 1 is 1.23 bits per heavy atom. The van der Waals surface area contributed by atoms with Gasteiger partial charge in [0.1, 0.15) is 18.5 Å². The summed E-state index contributed by atoms with van der Waals surface area (Å²) in [6.07, 6.45) is -4.72. The van der Waals surface area contributed by atoms with Crippen LogP contribution in [0.5, 0.6) is 0 Å². The first-order valence-corrected chi connectivity index (χ1v) is 6.71. The van der Waals surface area contributed by atoms with Crippen LogP contribution in [0.1, 0.15) is 11.3 Å². The Balaban J connectivity index is 2.82. The first-order valence-electron chi connectivity index (χ1n) is 5.95. The van der Waals surface area contributed by atoms with E-state index < -0.39 is 23.6 Å². The van der Waals surface area contributed by atoms with Gasteiger partial charge < -0.3 is 9.30 Å². The minimum absolute atomic E-state index is 0.0401. The molecule has 3 nitrogen and oxygen atoms in total. The van der Waals surface area contributed by atoms with Crippen LogP contribution in [0.4, 0.5) is 13.2 Å². The van der Waals surface area contributed by atoms with Crippen molar-refractivity contribution in [1.29, 1.82) is 5.26 Å². The van der Waals surface area contributed by atoms with Gasteiger partial charge in [0.2, 0.25) is 0 Å². The Labute approximate surface area is 134 Å². The minimum Gasteiger partial charge on any atom is -0.364 e. The molecular weight excluding hydrogens is 340 g/mol. The van der Waals surface area contributed by atoms with Gasteiger partial charge in [0, 0.05) is 12.1 Å². The summed E-state index contributed by atoms with van der Waals surface area (Å²) in [5.41, 5.74) is -0.945. The summed E-state index contributed by atoms with van der Waals surface area (Å²) in [6.45, 7) is -0.395. The number of benzene rings is 1. The van der Waals surface area contributed by atoms with Crippen molar-refractivity contribution in [2.45, 2.75) is 12.9 Å². The number of rotatable bonds is 3. The Morgan fingerprint density at radius 2 is 1.82 bits per heavy atom. The Hall–Kier alpha value is -1.68. The molecule has 0 aliphatic carbocycles. The second kappa shape index (κ2) is 6.21. The average molecular weight is 349 g/mol. The zero-order chi connectivity index (χ0) is 16.5. The van der Waals surface area contributed by atoms with Gasteiger partial charge in [-0.15, -0.1) is 0 Å². The molecule has 0 unspecified atom stereocenters. The molecule has 0 N–H and O–H groups in total. The fourth-order valence-electron chi connectivity index (χ4n) is 2.13. The number of methoxy groups -OCH3 is 1. The first-order chi connectivity index (χ1) is 10.3. The van der Waals surface area contributed by atoms with Crippen molar-refractivity contribution in [3.05, 3.63) is 45.6 Å². The summed E-state index contributed by atoms with van der Waals surface area (Å²) in [6, 6.07) is 7.79. The van der Waals surface area contributed by atoms with Gasteiger partial charge >= 0.3 is 6.18 Å². The van der Waals surface area contributed by atoms with Gasteiger partial charge in [-0.2, -0.15) is 18.4 Å². The molecule has 1 heterocycles. The third-order valence-electron chi connectivity index (χ3n) is 2.96. The molecule has 22 heavy (non-hydrogen) atoms. The van der Waals surface area contributed by atoms with E-state index in [1.165, 1.54) is 31.4 Å². The van der Waals surface area contributed by atoms with E-state index in [1.807, 2.05) is 0 Å². The van der Waals surface area contributed by atoms with Crippen molar-refractivity contribution in [3.63, 3.8) is 0 Å². The zero-order valence-corrected chi connectivity index (χ0v) is 12.7. The fraction of sp³-hybridized carbons (Fsp3) is 0.214. The van der Waals surface area contributed by atoms with Crippen LogP contribution in [-0.4, -0.2) is 11.7 Å². The van der Waals surface area contributed by atoms with Crippen LogP contribution >= 0.6 is 23.2 Å². The molecule has 0 radical (unpaired) electrons. The van der Waals surface area contributed by atoms with E-state index >= 15 is 0 Å². The molecule has 0 atom stereocenters. The summed E-state index contributed by atoms with van der Waals surface area (Å²) >= 11 is 11.6. The number of alkyl halides is 3. The summed E-state index contributed by atoms with van der Waals surface area (Å²) in [5, 5.41) is 8.99. The molecule has 2 rings (SSSR count). The van der Waals surface area contributed by atoms with Crippen molar-refractivity contribution in [3.8, 4) is 17.3 Å². The van der Waals surface area contributed by atoms with Crippen molar-refractivity contribution >= 4 is 23.2 Å². The molecule has 2 aromatic rings. The summed E-state index contributed by atoms with van der Waals surface area (Å²) in [7, 11) is 1.26. The number of hydrogen-bond acceptors (Lipinski definition) is 2. The largest absolute Gasteiger partial charge is 0.433 e. The number of nitrogens with zero attached hydrogens (tertiary/aromatic N) is 2. The molecule has 0 aliphatic rings. The van der Waals surface area contributed by atoms with Crippen LogP contribution in [0.25, 0.3) is 11.3 Å². The van der Waals surface area contributed by atoms with E-state index in [0.29, 0.717) is 10.6 Å². The third kappa shape index (κ3) is 2.93. The topological polar surface area (TPSA) is 38.0 Å². The highest BCUT2D eigenvalue weighted by molar-refractivity contribution is 6.33. The predicted octanol–water partition coefficient (Wildman–Crippen LogP) is 4.96. The molecule has 116 valence electrons. The molecule has 1 aromatic heterocycles. The number of nitriles is 1. The lowest BCUT2D eigenvalue weighted by molar-refractivity contribution is -0.145. The van der Waals surface area contributed by atoms with Crippen LogP contribution in [0.2, 0.25) is 10.0 Å². The number of aromatic nitrogens is 1. The van der Waals surface area contributed by atoms with Crippen molar-refractivity contribution in [1.82, 2.24) is 4.57 Å². The van der Waals surface area contributed by atoms with E-state index in [1.54, 1.807) is 6.07 Å². The lowest BCUT2D eigenvalue weighted by Gasteiger charge is -2.14. The van der Waals surface area contributed by atoms with Gasteiger partial charge in [-0.25, -0.2) is 0 Å². The highest BCUT2D eigenvalue weighted by Crippen LogP contribution is 2.43. The zero-order valence-electron chi connectivity index (χ0n) is 11.2. The molecule has 1 aromatic carbocycles. The van der Waals surface area contributed by atoms with Gasteiger partial charge in [-0.05, 0) is 17.7 Å². The predicted molar refractivity (Wildman–Crippen MR) is 76.6 cm³/mol. The van der Waals surface area contributed by atoms with Crippen LogP contribution in [0.15, 0.2) is 24.3 Å². The number of halogens is 5. The van der Waals surface area contributed by atoms with Gasteiger partial charge in [-0.1, -0.05) is 35.3 Å². The van der Waals surface area contributed by atoms with Crippen LogP contribution in [0, 0.1) is 11.3 Å². The fourth-order valence-corrected chi connectivity index (χ4v) is 2.60. The molecule has 0 fully saturated rings. The van der Waals surface area contributed by atoms with Crippen molar-refractivity contribution in [2.24, 2.45) is 0 Å². The maximum absolute atomic E-state index is 13.3. The summed E-state index contributed by atoms with van der Waals surface area (Å²) in [5.74, 6) is 0. The number of hydrogen-bond donors (Lipinski definition) is 0. The number of ether oxygens (including phenoxy) is 1. The molecule has 8 heteroatoms. The summed E-state index contributed by atoms with van der Waals surface area (Å²) in [4.78, 5) is 0. The molecule has 0 aliphatic heterocycles. The van der Waals surface area contributed by atoms with Crippen molar-refractivity contribution < 1.29 is 17.9 Å². The van der Waals surface area contributed by atoms with Crippen LogP contribution in [-0.2, 0) is 17.6 Å². The minimum atomic E-state index is -4.72. The van der Waals surface area contributed by atoms with Gasteiger partial charge in [0.15, 0.2) is 0 Å². The normalized spacial score (nSPS) is 11.5. The van der Waals surface area contributed by atoms with Crippen LogP contribution in [0.3, 0.4) is 0 Å². The third-order valence-corrected chi connectivity index (χ3v) is 3.58. The Kier molecular flexibility index (Phi) is 4.71. The Bertz CT molecular complexity index is 731. The van der Waals surface area contributed by atoms with E-state index in [9.17, 15) is 18.4 Å². The molecule has 0 saturated heterocycles. The van der Waals surface area contributed by atoms with E-state index in [-0.39, 0.29) is 11.3 Å². The average Bonchev–Trinajstić information content (AvgIpc) is 2.72. The van der Waals surface area contributed by atoms with Crippen molar-refractivity contribution in [2.75, 3.05) is 7.11 Å². The molecular formula is C14H9Cl2F3N2O. The molecule has 0 bridgehead atoms. The molecule has 0 amide bonds.